The third kappa shape index (κ3) is 1.12. The van der Waals surface area contributed by atoms with E-state index in [2.05, 4.69) is 0 Å². The molecule has 0 aliphatic carbocycles. The SMILES string of the molecule is CC1N(C)C(=S)O[S-]1#[O+]. The van der Waals surface area contributed by atoms with Crippen LogP contribution in [0, 0.1) is 0 Å². The summed E-state index contributed by atoms with van der Waals surface area (Å²) < 4.78 is 15.5. The van der Waals surface area contributed by atoms with Gasteiger partial charge in [0.2, 0.25) is 0 Å². The summed E-state index contributed by atoms with van der Waals surface area (Å²) in [4.78, 5) is 1.67. The van der Waals surface area contributed by atoms with Gasteiger partial charge in [0.1, 0.15) is 0 Å². The molecule has 3 nitrogen and oxygen atoms in total. The zero-order valence-corrected chi connectivity index (χ0v) is 6.79. The molecule has 52 valence electrons. The van der Waals surface area contributed by atoms with Gasteiger partial charge in [-0.2, -0.15) is 0 Å². The maximum absolute atomic E-state index is 10.8. The molecule has 1 aliphatic heterocycles. The van der Waals surface area contributed by atoms with E-state index in [1.54, 1.807) is 18.9 Å². The van der Waals surface area contributed by atoms with Gasteiger partial charge < -0.3 is 0 Å². The first kappa shape index (κ1) is 7.11. The van der Waals surface area contributed by atoms with E-state index in [-0.39, 0.29) is 5.37 Å². The predicted molar refractivity (Wildman–Crippen MR) is 39.0 cm³/mol. The van der Waals surface area contributed by atoms with Gasteiger partial charge in [0.25, 0.3) is 0 Å². The average Bonchev–Trinajstić information content (AvgIpc) is 1.98. The van der Waals surface area contributed by atoms with Crippen LogP contribution in [-0.2, 0) is 19.1 Å². The van der Waals surface area contributed by atoms with Gasteiger partial charge in [0, 0.05) is 0 Å². The molecule has 0 saturated carbocycles. The minimum absolute atomic E-state index is 0.0995. The summed E-state index contributed by atoms with van der Waals surface area (Å²) in [5.41, 5.74) is 0. The molecule has 9 heavy (non-hydrogen) atoms. The van der Waals surface area contributed by atoms with Gasteiger partial charge in [-0.05, 0) is 0 Å². The van der Waals surface area contributed by atoms with Crippen molar-refractivity contribution in [2.75, 3.05) is 7.05 Å². The number of thiocarbonyl (C=S) groups is 1. The van der Waals surface area contributed by atoms with Crippen molar-refractivity contribution in [2.24, 2.45) is 0 Å². The first-order valence-corrected chi connectivity index (χ1v) is 4.03. The van der Waals surface area contributed by atoms with Crippen LogP contribution in [0.3, 0.4) is 0 Å². The number of hydrogen-bond acceptors (Lipinski definition) is 3. The monoisotopic (exact) mass is 165 g/mol. The second-order valence-electron chi connectivity index (χ2n) is 1.82. The summed E-state index contributed by atoms with van der Waals surface area (Å²) in [6, 6.07) is 0. The summed E-state index contributed by atoms with van der Waals surface area (Å²) in [7, 11) is 0.519. The van der Waals surface area contributed by atoms with Gasteiger partial charge in [-0.25, -0.2) is 0 Å². The van der Waals surface area contributed by atoms with E-state index in [0.717, 1.165) is 0 Å². The number of nitrogens with zero attached hydrogens (tertiary/aromatic N) is 1. The molecule has 0 bridgehead atoms. The summed E-state index contributed by atoms with van der Waals surface area (Å²) in [6.45, 7) is 1.80. The van der Waals surface area contributed by atoms with Crippen LogP contribution in [0.1, 0.15) is 6.92 Å². The van der Waals surface area contributed by atoms with Crippen molar-refractivity contribution in [3.05, 3.63) is 0 Å². The van der Waals surface area contributed by atoms with Crippen molar-refractivity contribution in [3.8, 4) is 0 Å². The molecule has 0 amide bonds. The Morgan fingerprint density at radius 3 is 2.56 bits per heavy atom. The van der Waals surface area contributed by atoms with Gasteiger partial charge in [-0.3, -0.25) is 0 Å². The Morgan fingerprint density at radius 2 is 2.44 bits per heavy atom. The summed E-state index contributed by atoms with van der Waals surface area (Å²) in [6.07, 6.45) is 0. The van der Waals surface area contributed by atoms with Crippen LogP contribution in [0.2, 0.25) is 0 Å². The first-order valence-electron chi connectivity index (χ1n) is 2.48. The molecule has 0 aromatic rings. The Bertz CT molecular complexity index is 206. The van der Waals surface area contributed by atoms with E-state index in [4.69, 9.17) is 16.4 Å². The molecule has 0 aromatic heterocycles. The molecule has 1 unspecified atom stereocenters. The Balaban J connectivity index is 2.81. The zero-order valence-electron chi connectivity index (χ0n) is 5.16. The van der Waals surface area contributed by atoms with Crippen molar-refractivity contribution in [2.45, 2.75) is 12.3 Å². The fraction of sp³-hybridized carbons (Fsp3) is 0.750. The van der Waals surface area contributed by atoms with Crippen molar-refractivity contribution >= 4 is 28.3 Å². The summed E-state index contributed by atoms with van der Waals surface area (Å²) in [5, 5.41) is 0.221. The van der Waals surface area contributed by atoms with Crippen LogP contribution >= 0.6 is 12.2 Å². The Morgan fingerprint density at radius 1 is 1.89 bits per heavy atom. The fourth-order valence-corrected chi connectivity index (χ4v) is 1.65. The third-order valence-corrected chi connectivity index (χ3v) is 2.94. The average molecular weight is 165 g/mol. The van der Waals surface area contributed by atoms with Gasteiger partial charge in [-0.1, -0.05) is 0 Å². The van der Waals surface area contributed by atoms with E-state index >= 15 is 0 Å². The van der Waals surface area contributed by atoms with Crippen molar-refractivity contribution in [1.29, 1.82) is 0 Å². The number of rotatable bonds is 0. The minimum atomic E-state index is -1.24. The quantitative estimate of drug-likeness (QED) is 0.297. The van der Waals surface area contributed by atoms with Crippen LogP contribution in [0.5, 0.6) is 0 Å². The van der Waals surface area contributed by atoms with Crippen LogP contribution in [0.25, 0.3) is 0 Å². The molecule has 0 spiro atoms. The molecule has 1 aliphatic rings. The van der Waals surface area contributed by atoms with E-state index in [1.165, 1.54) is 0 Å². The fourth-order valence-electron chi connectivity index (χ4n) is 0.476. The zero-order chi connectivity index (χ0) is 7.02. The van der Waals surface area contributed by atoms with Gasteiger partial charge in [0.15, 0.2) is 0 Å². The van der Waals surface area contributed by atoms with Crippen LogP contribution in [-0.4, -0.2) is 22.5 Å². The Kier molecular flexibility index (Phi) is 1.83. The van der Waals surface area contributed by atoms with Crippen LogP contribution in [0.4, 0.5) is 0 Å². The van der Waals surface area contributed by atoms with E-state index in [0.29, 0.717) is 5.17 Å². The Labute approximate surface area is 61.3 Å². The van der Waals surface area contributed by atoms with Gasteiger partial charge in [0.05, 0.1) is 0 Å². The summed E-state index contributed by atoms with van der Waals surface area (Å²) >= 11 is 4.71. The molecule has 5 heteroatoms. The Hall–Kier alpha value is -0.0000000000000000763. The van der Waals surface area contributed by atoms with E-state index in [1.807, 2.05) is 0 Å². The molecule has 1 heterocycles. The molecule has 0 aromatic carbocycles. The van der Waals surface area contributed by atoms with E-state index in [9.17, 15) is 4.04 Å². The summed E-state index contributed by atoms with van der Waals surface area (Å²) in [5.74, 6) is 0. The molecule has 1 saturated heterocycles. The third-order valence-electron chi connectivity index (χ3n) is 1.27. The molecular weight excluding hydrogens is 158 g/mol. The van der Waals surface area contributed by atoms with Crippen LogP contribution in [0.15, 0.2) is 0 Å². The van der Waals surface area contributed by atoms with Crippen molar-refractivity contribution < 1.29 is 8.23 Å². The number of hydrogen-bond donors (Lipinski definition) is 0. The van der Waals surface area contributed by atoms with Gasteiger partial charge >= 0.3 is 60.8 Å². The molecular formula is C4H7NO2S2. The normalized spacial score (nSPS) is 28.8. The molecule has 1 rings (SSSR count). The second-order valence-corrected chi connectivity index (χ2v) is 3.54. The molecule has 0 N–H and O–H groups in total. The predicted octanol–water partition coefficient (Wildman–Crippen LogP) is 0.458. The van der Waals surface area contributed by atoms with E-state index < -0.39 is 10.9 Å². The second kappa shape index (κ2) is 2.32. The first-order chi connectivity index (χ1) is 4.13. The molecule has 1 atom stereocenters. The maximum atomic E-state index is 10.8. The topological polar surface area (TPSA) is 32.4 Å². The van der Waals surface area contributed by atoms with Gasteiger partial charge in [-0.15, -0.1) is 0 Å². The van der Waals surface area contributed by atoms with Crippen molar-refractivity contribution in [3.63, 3.8) is 0 Å². The van der Waals surface area contributed by atoms with Crippen LogP contribution < -0.4 is 0 Å². The molecule has 0 radical (unpaired) electrons. The molecule has 1 fully saturated rings. The van der Waals surface area contributed by atoms with Crippen molar-refractivity contribution in [1.82, 2.24) is 4.90 Å². The standard InChI is InChI=1S/C4H7NO2S2/c1-3-5(2)4(8)7-9(3)6/h3H,1-2H3.